The minimum Gasteiger partial charge on any atom is -0.497 e. The average molecular weight is 403 g/mol. The molecular formula is C24H25N3O3. The smallest absolute Gasteiger partial charge is 0.255 e. The molecule has 6 heteroatoms. The van der Waals surface area contributed by atoms with Crippen molar-refractivity contribution in [1.82, 2.24) is 14.8 Å². The number of carbonyl (C=O) groups is 2. The fourth-order valence-corrected chi connectivity index (χ4v) is 5.01. The zero-order valence-electron chi connectivity index (χ0n) is 17.4. The number of hydrogen-bond acceptors (Lipinski definition) is 3. The van der Waals surface area contributed by atoms with Crippen molar-refractivity contribution in [3.8, 4) is 5.75 Å². The van der Waals surface area contributed by atoms with Crippen LogP contribution in [0.4, 0.5) is 0 Å². The second-order valence-corrected chi connectivity index (χ2v) is 8.28. The number of ether oxygens (including phenoxy) is 1. The first kappa shape index (κ1) is 18.7. The van der Waals surface area contributed by atoms with Crippen molar-refractivity contribution in [3.63, 3.8) is 0 Å². The van der Waals surface area contributed by atoms with Gasteiger partial charge in [0, 0.05) is 17.4 Å². The van der Waals surface area contributed by atoms with Crippen LogP contribution < -0.4 is 4.74 Å². The van der Waals surface area contributed by atoms with Gasteiger partial charge in [0.2, 0.25) is 5.91 Å². The number of nitrogens with zero attached hydrogens (tertiary/aromatic N) is 2. The summed E-state index contributed by atoms with van der Waals surface area (Å²) in [6.07, 6.45) is 0.714. The molecule has 0 aliphatic carbocycles. The maximum Gasteiger partial charge on any atom is 0.255 e. The molecule has 0 unspecified atom stereocenters. The van der Waals surface area contributed by atoms with Crippen LogP contribution in [0.25, 0.3) is 10.9 Å². The number of aromatic nitrogens is 1. The standard InChI is InChI=1S/C24H25N3O3/c1-15(16-7-5-4-6-8-16)26-14-21(28)27-12-11-18-19-13-17(30-3)9-10-20(19)25-22(18)24(27,2)23(26)29/h4-10,13,15,25H,11-12,14H2,1-3H3/t15-,24+/m1/s1. The lowest BCUT2D eigenvalue weighted by molar-refractivity contribution is -0.168. The van der Waals surface area contributed by atoms with E-state index in [0.717, 1.165) is 33.5 Å². The Hall–Kier alpha value is -3.28. The molecule has 2 amide bonds. The van der Waals surface area contributed by atoms with Crippen molar-refractivity contribution in [2.24, 2.45) is 0 Å². The minimum absolute atomic E-state index is 0.0123. The molecule has 1 aromatic heterocycles. The van der Waals surface area contributed by atoms with Gasteiger partial charge in [-0.3, -0.25) is 9.59 Å². The Labute approximate surface area is 175 Å². The van der Waals surface area contributed by atoms with E-state index in [0.29, 0.717) is 13.0 Å². The van der Waals surface area contributed by atoms with Gasteiger partial charge >= 0.3 is 0 Å². The van der Waals surface area contributed by atoms with Crippen molar-refractivity contribution in [3.05, 3.63) is 65.4 Å². The van der Waals surface area contributed by atoms with Gasteiger partial charge in [0.05, 0.1) is 18.8 Å². The number of hydrogen-bond donors (Lipinski definition) is 1. The van der Waals surface area contributed by atoms with E-state index in [1.807, 2.05) is 62.4 Å². The lowest BCUT2D eigenvalue weighted by Gasteiger charge is -2.51. The van der Waals surface area contributed by atoms with Crippen molar-refractivity contribution < 1.29 is 14.3 Å². The van der Waals surface area contributed by atoms with Crippen LogP contribution in [0.15, 0.2) is 48.5 Å². The molecule has 30 heavy (non-hydrogen) atoms. The molecule has 3 heterocycles. The molecule has 0 bridgehead atoms. The van der Waals surface area contributed by atoms with Crippen LogP contribution in [0.2, 0.25) is 0 Å². The fraction of sp³-hybridized carbons (Fsp3) is 0.333. The van der Waals surface area contributed by atoms with Crippen LogP contribution in [0.5, 0.6) is 5.75 Å². The number of fused-ring (bicyclic) bond motifs is 5. The third-order valence-corrected chi connectivity index (χ3v) is 6.76. The minimum atomic E-state index is -1.04. The second-order valence-electron chi connectivity index (χ2n) is 8.28. The molecule has 3 aromatic rings. The molecule has 2 aromatic carbocycles. The molecule has 2 aliphatic heterocycles. The summed E-state index contributed by atoms with van der Waals surface area (Å²) in [6, 6.07) is 15.6. The highest BCUT2D eigenvalue weighted by Crippen LogP contribution is 2.44. The zero-order valence-corrected chi connectivity index (χ0v) is 17.4. The van der Waals surface area contributed by atoms with Gasteiger partial charge in [-0.2, -0.15) is 0 Å². The number of carbonyl (C=O) groups excluding carboxylic acids is 2. The van der Waals surface area contributed by atoms with E-state index in [1.165, 1.54) is 0 Å². The molecule has 1 fully saturated rings. The van der Waals surface area contributed by atoms with Crippen LogP contribution in [0, 0.1) is 0 Å². The first-order valence-electron chi connectivity index (χ1n) is 10.3. The van der Waals surface area contributed by atoms with E-state index >= 15 is 0 Å². The summed E-state index contributed by atoms with van der Waals surface area (Å²) in [4.78, 5) is 34.0. The molecule has 154 valence electrons. The first-order chi connectivity index (χ1) is 14.4. The van der Waals surface area contributed by atoms with Crippen molar-refractivity contribution in [2.45, 2.75) is 31.8 Å². The lowest BCUT2D eigenvalue weighted by Crippen LogP contribution is -2.67. The predicted octanol–water partition coefficient (Wildman–Crippen LogP) is 3.38. The molecule has 1 N–H and O–H groups in total. The monoisotopic (exact) mass is 403 g/mol. The Morgan fingerprint density at radius 1 is 1.13 bits per heavy atom. The van der Waals surface area contributed by atoms with Gasteiger partial charge < -0.3 is 19.5 Å². The normalized spacial score (nSPS) is 22.1. The summed E-state index contributed by atoms with van der Waals surface area (Å²) in [5.74, 6) is 0.724. The highest BCUT2D eigenvalue weighted by atomic mass is 16.5. The molecule has 0 spiro atoms. The van der Waals surface area contributed by atoms with E-state index in [4.69, 9.17) is 4.74 Å². The Bertz CT molecular complexity index is 1150. The number of amides is 2. The van der Waals surface area contributed by atoms with Crippen molar-refractivity contribution in [2.75, 3.05) is 20.2 Å². The van der Waals surface area contributed by atoms with Gasteiger partial charge in [-0.05, 0) is 49.6 Å². The summed E-state index contributed by atoms with van der Waals surface area (Å²) in [5, 5.41) is 1.05. The number of nitrogens with one attached hydrogen (secondary N) is 1. The van der Waals surface area contributed by atoms with Gasteiger partial charge in [0.1, 0.15) is 12.3 Å². The van der Waals surface area contributed by atoms with Crippen molar-refractivity contribution in [1.29, 1.82) is 0 Å². The molecule has 5 rings (SSSR count). The van der Waals surface area contributed by atoms with Gasteiger partial charge in [-0.1, -0.05) is 30.3 Å². The van der Waals surface area contributed by atoms with Crippen LogP contribution in [0.1, 0.15) is 36.7 Å². The molecule has 1 saturated heterocycles. The molecule has 2 atom stereocenters. The highest BCUT2D eigenvalue weighted by Gasteiger charge is 2.54. The van der Waals surface area contributed by atoms with E-state index in [9.17, 15) is 9.59 Å². The summed E-state index contributed by atoms with van der Waals surface area (Å²) >= 11 is 0. The molecule has 6 nitrogen and oxygen atoms in total. The highest BCUT2D eigenvalue weighted by molar-refractivity contribution is 6.01. The Kier molecular flexibility index (Phi) is 4.13. The number of methoxy groups -OCH3 is 1. The lowest BCUT2D eigenvalue weighted by atomic mass is 9.82. The summed E-state index contributed by atoms with van der Waals surface area (Å²) in [5.41, 5.74) is 2.85. The van der Waals surface area contributed by atoms with Crippen LogP contribution in [-0.4, -0.2) is 46.8 Å². The maximum absolute atomic E-state index is 13.9. The Morgan fingerprint density at radius 2 is 1.90 bits per heavy atom. The largest absolute Gasteiger partial charge is 0.497 e. The van der Waals surface area contributed by atoms with E-state index in [1.54, 1.807) is 16.9 Å². The average Bonchev–Trinajstić information content (AvgIpc) is 3.15. The van der Waals surface area contributed by atoms with Gasteiger partial charge in [0.15, 0.2) is 5.54 Å². The van der Waals surface area contributed by atoms with Crippen LogP contribution in [0.3, 0.4) is 0 Å². The molecular weight excluding hydrogens is 378 g/mol. The van der Waals surface area contributed by atoms with Gasteiger partial charge in [0.25, 0.3) is 5.91 Å². The number of rotatable bonds is 3. The zero-order chi connectivity index (χ0) is 21.0. The third kappa shape index (κ3) is 2.49. The molecule has 2 aliphatic rings. The number of benzene rings is 2. The van der Waals surface area contributed by atoms with Crippen molar-refractivity contribution >= 4 is 22.7 Å². The predicted molar refractivity (Wildman–Crippen MR) is 114 cm³/mol. The Morgan fingerprint density at radius 3 is 2.63 bits per heavy atom. The molecule has 0 radical (unpaired) electrons. The maximum atomic E-state index is 13.9. The van der Waals surface area contributed by atoms with E-state index in [-0.39, 0.29) is 24.4 Å². The SMILES string of the molecule is COc1ccc2[nH]c3c(c2c1)CCN1C(=O)CN([C@H](C)c2ccccc2)C(=O)[C@]31C. The summed E-state index contributed by atoms with van der Waals surface area (Å²) in [6.45, 7) is 4.50. The van der Waals surface area contributed by atoms with Crippen LogP contribution in [-0.2, 0) is 21.5 Å². The number of H-pyrrole nitrogens is 1. The Balaban J connectivity index is 1.63. The fourth-order valence-electron chi connectivity index (χ4n) is 5.01. The van der Waals surface area contributed by atoms with E-state index < -0.39 is 5.54 Å². The number of piperazine rings is 1. The van der Waals surface area contributed by atoms with Gasteiger partial charge in [-0.15, -0.1) is 0 Å². The second kappa shape index (κ2) is 6.62. The van der Waals surface area contributed by atoms with Gasteiger partial charge in [-0.25, -0.2) is 0 Å². The summed E-state index contributed by atoms with van der Waals surface area (Å²) < 4.78 is 5.40. The topological polar surface area (TPSA) is 65.6 Å². The number of aromatic amines is 1. The molecule has 0 saturated carbocycles. The first-order valence-corrected chi connectivity index (χ1v) is 10.3. The van der Waals surface area contributed by atoms with Crippen LogP contribution >= 0.6 is 0 Å². The summed E-state index contributed by atoms with van der Waals surface area (Å²) in [7, 11) is 1.65. The van der Waals surface area contributed by atoms with E-state index in [2.05, 4.69) is 4.98 Å². The third-order valence-electron chi connectivity index (χ3n) is 6.76. The quantitative estimate of drug-likeness (QED) is 0.729.